The van der Waals surface area contributed by atoms with Gasteiger partial charge in [-0.1, -0.05) is 25.3 Å². The van der Waals surface area contributed by atoms with Gasteiger partial charge in [0.1, 0.15) is 0 Å². The van der Waals surface area contributed by atoms with Crippen LogP contribution in [0.25, 0.3) is 0 Å². The van der Waals surface area contributed by atoms with E-state index in [-0.39, 0.29) is 11.5 Å². The van der Waals surface area contributed by atoms with E-state index in [0.717, 1.165) is 27.0 Å². The van der Waals surface area contributed by atoms with Gasteiger partial charge in [-0.25, -0.2) is 0 Å². The van der Waals surface area contributed by atoms with Crippen LogP contribution in [0.2, 0.25) is 0 Å². The fourth-order valence-corrected chi connectivity index (χ4v) is 3.31. The Morgan fingerprint density at radius 3 is 2.75 bits per heavy atom. The van der Waals surface area contributed by atoms with E-state index in [1.165, 1.54) is 11.5 Å². The molecule has 0 aromatic carbocycles. The lowest BCUT2D eigenvalue weighted by atomic mass is 9.89. The highest BCUT2D eigenvalue weighted by molar-refractivity contribution is 9.10. The molecule has 0 amide bonds. The van der Waals surface area contributed by atoms with Gasteiger partial charge in [0.05, 0.1) is 16.6 Å². The van der Waals surface area contributed by atoms with Gasteiger partial charge in [-0.15, -0.1) is 5.10 Å². The van der Waals surface area contributed by atoms with Crippen molar-refractivity contribution in [2.45, 2.75) is 38.6 Å². The Labute approximate surface area is 131 Å². The molecule has 2 rings (SSSR count). The Balaban J connectivity index is 2.27. The van der Waals surface area contributed by atoms with Gasteiger partial charge in [0, 0.05) is 22.3 Å². The lowest BCUT2D eigenvalue weighted by molar-refractivity contribution is 0.515. The van der Waals surface area contributed by atoms with Crippen LogP contribution in [0.15, 0.2) is 22.9 Å². The third-order valence-electron chi connectivity index (χ3n) is 2.94. The van der Waals surface area contributed by atoms with Gasteiger partial charge < -0.3 is 0 Å². The van der Waals surface area contributed by atoms with Crippen LogP contribution in [-0.4, -0.2) is 14.6 Å². The first-order valence-corrected chi connectivity index (χ1v) is 7.86. The normalized spacial score (nSPS) is 13.4. The number of hydrazine groups is 1. The summed E-state index contributed by atoms with van der Waals surface area (Å²) in [5, 5.41) is 4.26. The minimum Gasteiger partial charge on any atom is -0.271 e. The second-order valence-corrected chi connectivity index (χ2v) is 7.37. The van der Waals surface area contributed by atoms with Crippen molar-refractivity contribution >= 4 is 27.5 Å². The van der Waals surface area contributed by atoms with Crippen molar-refractivity contribution in [3.8, 4) is 0 Å². The van der Waals surface area contributed by atoms with Crippen LogP contribution in [0.5, 0.6) is 0 Å². The number of aromatic nitrogens is 3. The molecular weight excluding hydrogens is 338 g/mol. The maximum atomic E-state index is 5.73. The smallest absolute Gasteiger partial charge is 0.0857 e. The number of nitrogens with two attached hydrogens (primary N) is 1. The zero-order valence-electron chi connectivity index (χ0n) is 11.7. The Hall–Kier alpha value is -0.890. The first-order valence-electron chi connectivity index (χ1n) is 6.30. The van der Waals surface area contributed by atoms with Crippen molar-refractivity contribution in [3.05, 3.63) is 39.1 Å². The number of nitrogens with one attached hydrogen (secondary N) is 1. The van der Waals surface area contributed by atoms with E-state index >= 15 is 0 Å². The summed E-state index contributed by atoms with van der Waals surface area (Å²) in [5.41, 5.74) is 4.92. The van der Waals surface area contributed by atoms with E-state index in [9.17, 15) is 0 Å². The predicted molar refractivity (Wildman–Crippen MR) is 84.3 cm³/mol. The summed E-state index contributed by atoms with van der Waals surface area (Å²) in [6.07, 6.45) is 4.36. The average molecular weight is 356 g/mol. The van der Waals surface area contributed by atoms with Crippen LogP contribution < -0.4 is 11.3 Å². The number of hydrogen-bond acceptors (Lipinski definition) is 6. The molecule has 0 aliphatic rings. The molecular formula is C13H18BrN5S. The molecule has 0 fully saturated rings. The molecule has 3 N–H and O–H groups in total. The van der Waals surface area contributed by atoms with Gasteiger partial charge in [-0.2, -0.15) is 0 Å². The molecule has 0 radical (unpaired) electrons. The van der Waals surface area contributed by atoms with Crippen LogP contribution in [-0.2, 0) is 11.8 Å². The molecule has 0 saturated carbocycles. The molecule has 108 valence electrons. The van der Waals surface area contributed by atoms with Crippen molar-refractivity contribution in [1.29, 1.82) is 0 Å². The molecule has 7 heteroatoms. The second kappa shape index (κ2) is 6.26. The SMILES string of the molecule is CC(C)(C)c1nnsc1C(Cc1cncc(Br)c1)NN. The largest absolute Gasteiger partial charge is 0.271 e. The average Bonchev–Trinajstić information content (AvgIpc) is 2.85. The summed E-state index contributed by atoms with van der Waals surface area (Å²) >= 11 is 4.83. The van der Waals surface area contributed by atoms with Crippen LogP contribution in [0, 0.1) is 0 Å². The molecule has 0 aliphatic carbocycles. The monoisotopic (exact) mass is 355 g/mol. The fraction of sp³-hybridized carbons (Fsp3) is 0.462. The lowest BCUT2D eigenvalue weighted by Gasteiger charge is -2.21. The van der Waals surface area contributed by atoms with Crippen molar-refractivity contribution in [1.82, 2.24) is 20.0 Å². The fourth-order valence-electron chi connectivity index (χ4n) is 1.98. The molecule has 2 aromatic rings. The molecule has 0 aliphatic heterocycles. The van der Waals surface area contributed by atoms with Crippen LogP contribution >= 0.6 is 27.5 Å². The molecule has 2 aromatic heterocycles. The molecule has 5 nitrogen and oxygen atoms in total. The minimum absolute atomic E-state index is 0.0136. The molecule has 20 heavy (non-hydrogen) atoms. The van der Waals surface area contributed by atoms with E-state index in [0.29, 0.717) is 0 Å². The maximum absolute atomic E-state index is 5.73. The van der Waals surface area contributed by atoms with E-state index in [4.69, 9.17) is 5.84 Å². The van der Waals surface area contributed by atoms with Gasteiger partial charge in [-0.05, 0) is 45.5 Å². The Bertz CT molecular complexity index is 578. The summed E-state index contributed by atoms with van der Waals surface area (Å²) in [7, 11) is 0. The molecule has 0 saturated heterocycles. The summed E-state index contributed by atoms with van der Waals surface area (Å²) in [5.74, 6) is 5.73. The van der Waals surface area contributed by atoms with Gasteiger partial charge in [0.2, 0.25) is 0 Å². The molecule has 2 heterocycles. The zero-order chi connectivity index (χ0) is 14.8. The van der Waals surface area contributed by atoms with E-state index in [1.54, 1.807) is 6.20 Å². The van der Waals surface area contributed by atoms with Crippen LogP contribution in [0.1, 0.15) is 42.9 Å². The Morgan fingerprint density at radius 2 is 2.15 bits per heavy atom. The van der Waals surface area contributed by atoms with Gasteiger partial charge in [0.25, 0.3) is 0 Å². The number of nitrogens with zero attached hydrogens (tertiary/aromatic N) is 3. The van der Waals surface area contributed by atoms with Gasteiger partial charge in [0.15, 0.2) is 0 Å². The number of hydrogen-bond donors (Lipinski definition) is 2. The van der Waals surface area contributed by atoms with E-state index in [2.05, 4.69) is 56.7 Å². The number of halogens is 1. The third-order valence-corrected chi connectivity index (χ3v) is 4.21. The predicted octanol–water partition coefficient (Wildman–Crippen LogP) is 2.74. The maximum Gasteiger partial charge on any atom is 0.0857 e. The third kappa shape index (κ3) is 3.60. The van der Waals surface area contributed by atoms with Crippen molar-refractivity contribution < 1.29 is 0 Å². The standard InChI is InChI=1S/C13H18BrN5S/c1-13(2,3)12-11(20-19-18-12)10(17-15)5-8-4-9(14)7-16-6-8/h4,6-7,10,17H,5,15H2,1-3H3. The zero-order valence-corrected chi connectivity index (χ0v) is 14.1. The molecule has 0 spiro atoms. The van der Waals surface area contributed by atoms with E-state index < -0.39 is 0 Å². The highest BCUT2D eigenvalue weighted by atomic mass is 79.9. The Kier molecular flexibility index (Phi) is 4.85. The first kappa shape index (κ1) is 15.5. The van der Waals surface area contributed by atoms with Gasteiger partial charge in [-0.3, -0.25) is 16.3 Å². The highest BCUT2D eigenvalue weighted by Gasteiger charge is 2.27. The first-order chi connectivity index (χ1) is 9.41. The molecule has 1 unspecified atom stereocenters. The summed E-state index contributed by atoms with van der Waals surface area (Å²) in [6, 6.07) is 2.03. The van der Waals surface area contributed by atoms with E-state index in [1.807, 2.05) is 12.3 Å². The highest BCUT2D eigenvalue weighted by Crippen LogP contribution is 2.31. The van der Waals surface area contributed by atoms with Crippen LogP contribution in [0.4, 0.5) is 0 Å². The summed E-state index contributed by atoms with van der Waals surface area (Å²) in [6.45, 7) is 6.38. The molecule has 1 atom stereocenters. The minimum atomic E-state index is -0.0487. The second-order valence-electron chi connectivity index (χ2n) is 5.67. The van der Waals surface area contributed by atoms with Crippen molar-refractivity contribution in [3.63, 3.8) is 0 Å². The van der Waals surface area contributed by atoms with Gasteiger partial charge >= 0.3 is 0 Å². The quantitative estimate of drug-likeness (QED) is 0.651. The van der Waals surface area contributed by atoms with Crippen LogP contribution in [0.3, 0.4) is 0 Å². The van der Waals surface area contributed by atoms with Crippen molar-refractivity contribution in [2.75, 3.05) is 0 Å². The number of pyridine rings is 1. The van der Waals surface area contributed by atoms with Crippen molar-refractivity contribution in [2.24, 2.45) is 5.84 Å². The topological polar surface area (TPSA) is 76.7 Å². The summed E-state index contributed by atoms with van der Waals surface area (Å²) in [4.78, 5) is 5.26. The Morgan fingerprint density at radius 1 is 1.40 bits per heavy atom. The lowest BCUT2D eigenvalue weighted by Crippen LogP contribution is -2.31. The number of rotatable bonds is 4. The molecule has 0 bridgehead atoms. The summed E-state index contributed by atoms with van der Waals surface area (Å²) < 4.78 is 5.05.